The minimum atomic E-state index is -4.29. The van der Waals surface area contributed by atoms with E-state index in [1.807, 2.05) is 18.2 Å². The fourth-order valence-electron chi connectivity index (χ4n) is 7.12. The molecule has 10 heteroatoms. The van der Waals surface area contributed by atoms with Crippen LogP contribution in [0.5, 0.6) is 5.75 Å². The molecule has 3 aliphatic rings. The molecule has 0 N–H and O–H groups in total. The largest absolute Gasteiger partial charge is 0.376 e. The number of ketones is 2. The highest BCUT2D eigenvalue weighted by Gasteiger charge is 2.49. The van der Waals surface area contributed by atoms with Crippen molar-refractivity contribution in [2.75, 3.05) is 6.54 Å². The van der Waals surface area contributed by atoms with Gasteiger partial charge in [-0.1, -0.05) is 92.8 Å². The van der Waals surface area contributed by atoms with Crippen molar-refractivity contribution in [1.29, 1.82) is 0 Å². The first kappa shape index (κ1) is 33.8. The van der Waals surface area contributed by atoms with Gasteiger partial charge in [0.15, 0.2) is 17.3 Å². The van der Waals surface area contributed by atoms with Crippen LogP contribution in [0.1, 0.15) is 70.4 Å². The summed E-state index contributed by atoms with van der Waals surface area (Å²) in [5, 5.41) is 0.278. The summed E-state index contributed by atoms with van der Waals surface area (Å²) >= 11 is 19.4. The minimum absolute atomic E-state index is 0.0203. The first-order valence-electron chi connectivity index (χ1n) is 15.6. The third kappa shape index (κ3) is 6.78. The van der Waals surface area contributed by atoms with Crippen molar-refractivity contribution in [2.45, 2.75) is 70.6 Å². The number of carbonyl (C=O) groups is 2. The van der Waals surface area contributed by atoms with Crippen molar-refractivity contribution in [1.82, 2.24) is 4.90 Å². The summed E-state index contributed by atoms with van der Waals surface area (Å²) in [6, 6.07) is 18.9. The average molecular weight is 713 g/mol. The fraction of sp³-hybridized carbons (Fsp3) is 0.351. The van der Waals surface area contributed by atoms with Gasteiger partial charge in [0.25, 0.3) is 0 Å². The first-order valence-corrected chi connectivity index (χ1v) is 18.1. The van der Waals surface area contributed by atoms with E-state index < -0.39 is 16.0 Å². The quantitative estimate of drug-likeness (QED) is 0.227. The predicted molar refractivity (Wildman–Crippen MR) is 185 cm³/mol. The van der Waals surface area contributed by atoms with Crippen LogP contribution in [0, 0.1) is 10.8 Å². The Morgan fingerprint density at radius 1 is 0.766 bits per heavy atom. The Kier molecular flexibility index (Phi) is 8.92. The van der Waals surface area contributed by atoms with Gasteiger partial charge in [-0.3, -0.25) is 9.59 Å². The zero-order valence-corrected chi connectivity index (χ0v) is 29.8. The Balaban J connectivity index is 1.48. The van der Waals surface area contributed by atoms with Gasteiger partial charge in [0.05, 0.1) is 10.0 Å². The van der Waals surface area contributed by atoms with Crippen molar-refractivity contribution in [3.8, 4) is 5.75 Å². The van der Waals surface area contributed by atoms with Gasteiger partial charge in [0, 0.05) is 52.9 Å². The second-order valence-electron chi connectivity index (χ2n) is 14.2. The van der Waals surface area contributed by atoms with Crippen LogP contribution in [0.15, 0.2) is 94.2 Å². The number of benzene rings is 3. The smallest absolute Gasteiger partial charge is 0.339 e. The maximum absolute atomic E-state index is 14.2. The van der Waals surface area contributed by atoms with Crippen LogP contribution in [0.25, 0.3) is 0 Å². The van der Waals surface area contributed by atoms with Crippen LogP contribution in [-0.2, 0) is 26.1 Å². The Labute approximate surface area is 291 Å². The average Bonchev–Trinajstić information content (AvgIpc) is 2.97. The molecule has 0 radical (unpaired) electrons. The van der Waals surface area contributed by atoms with Crippen molar-refractivity contribution >= 4 is 56.5 Å². The zero-order chi connectivity index (χ0) is 33.9. The molecule has 6 nitrogen and oxygen atoms in total. The van der Waals surface area contributed by atoms with E-state index in [0.29, 0.717) is 54.0 Å². The molecule has 47 heavy (non-hydrogen) atoms. The minimum Gasteiger partial charge on any atom is -0.376 e. The van der Waals surface area contributed by atoms with E-state index in [-0.39, 0.29) is 43.1 Å². The summed E-state index contributed by atoms with van der Waals surface area (Å²) in [6.07, 6.45) is 2.73. The molecule has 0 saturated heterocycles. The molecule has 3 aromatic rings. The number of allylic oxidation sites excluding steroid dienone is 4. The van der Waals surface area contributed by atoms with Crippen molar-refractivity contribution < 1.29 is 22.2 Å². The molecule has 1 aliphatic heterocycles. The SMILES string of the molecule is CC1(C)CC(=O)C2=C(C1)N(CCc1ccccc1)C1=C(C(=O)CC(C)(C)C1)C2c1cc(Cl)c(OS(=O)(=O)c2ccc(Cl)cc2)c(Cl)c1. The van der Waals surface area contributed by atoms with Crippen LogP contribution in [-0.4, -0.2) is 31.4 Å². The molecule has 3 aromatic carbocycles. The van der Waals surface area contributed by atoms with Crippen LogP contribution in [0.3, 0.4) is 0 Å². The van der Waals surface area contributed by atoms with Gasteiger partial charge >= 0.3 is 10.1 Å². The lowest BCUT2D eigenvalue weighted by atomic mass is 9.63. The lowest BCUT2D eigenvalue weighted by Gasteiger charge is -2.49. The van der Waals surface area contributed by atoms with Gasteiger partial charge in [-0.05, 0) is 77.6 Å². The second kappa shape index (κ2) is 12.4. The Morgan fingerprint density at radius 2 is 1.28 bits per heavy atom. The summed E-state index contributed by atoms with van der Waals surface area (Å²) in [7, 11) is -4.29. The van der Waals surface area contributed by atoms with Crippen molar-refractivity contribution in [3.63, 3.8) is 0 Å². The Hall–Kier alpha value is -3.10. The topological polar surface area (TPSA) is 80.8 Å². The van der Waals surface area contributed by atoms with Gasteiger partial charge in [0.2, 0.25) is 0 Å². The molecule has 6 rings (SSSR count). The number of hydrogen-bond donors (Lipinski definition) is 0. The second-order valence-corrected chi connectivity index (χ2v) is 17.0. The lowest BCUT2D eigenvalue weighted by molar-refractivity contribution is -0.119. The van der Waals surface area contributed by atoms with Gasteiger partial charge in [-0.15, -0.1) is 0 Å². The number of nitrogens with zero attached hydrogens (tertiary/aromatic N) is 1. The van der Waals surface area contributed by atoms with E-state index >= 15 is 0 Å². The summed E-state index contributed by atoms with van der Waals surface area (Å²) < 4.78 is 31.6. The molecule has 0 unspecified atom stereocenters. The summed E-state index contributed by atoms with van der Waals surface area (Å²) in [5.74, 6) is -0.971. The van der Waals surface area contributed by atoms with E-state index in [9.17, 15) is 18.0 Å². The van der Waals surface area contributed by atoms with E-state index in [4.69, 9.17) is 39.0 Å². The molecular weight excluding hydrogens is 677 g/mol. The summed E-state index contributed by atoms with van der Waals surface area (Å²) in [4.78, 5) is 30.5. The monoisotopic (exact) mass is 711 g/mol. The van der Waals surface area contributed by atoms with Gasteiger partial charge in [0.1, 0.15) is 4.90 Å². The highest BCUT2D eigenvalue weighted by Crippen LogP contribution is 2.55. The zero-order valence-electron chi connectivity index (χ0n) is 26.7. The predicted octanol–water partition coefficient (Wildman–Crippen LogP) is 9.34. The standard InChI is InChI=1S/C37H36Cl3NO5S/c1-36(2)18-28-33(30(42)20-36)32(23-16-26(39)35(27(40)17-23)46-47(44,45)25-12-10-24(38)11-13-25)34-29(19-37(3,4)21-31(34)43)41(28)15-14-22-8-6-5-7-9-22/h5-13,16-17,32H,14-15,18-21H2,1-4H3. The fourth-order valence-corrected chi connectivity index (χ4v) is 8.88. The van der Waals surface area contributed by atoms with E-state index in [1.54, 1.807) is 12.1 Å². The van der Waals surface area contributed by atoms with Gasteiger partial charge in [-0.25, -0.2) is 0 Å². The number of rotatable bonds is 7. The molecule has 0 aromatic heterocycles. The summed E-state index contributed by atoms with van der Waals surface area (Å²) in [6.45, 7) is 9.01. The molecule has 246 valence electrons. The number of carbonyl (C=O) groups excluding carboxylic acids is 2. The molecule has 2 aliphatic carbocycles. The van der Waals surface area contributed by atoms with E-state index in [1.165, 1.54) is 29.8 Å². The molecule has 0 atom stereocenters. The molecule has 0 amide bonds. The highest BCUT2D eigenvalue weighted by atomic mass is 35.5. The number of Topliss-reactive ketones (excluding diaryl/α,β-unsaturated/α-hetero) is 2. The Bertz CT molecular complexity index is 1870. The van der Waals surface area contributed by atoms with E-state index in [2.05, 4.69) is 44.7 Å². The highest BCUT2D eigenvalue weighted by molar-refractivity contribution is 7.87. The molecular formula is C37H36Cl3NO5S. The molecule has 0 saturated carbocycles. The van der Waals surface area contributed by atoms with Gasteiger partial charge in [-0.2, -0.15) is 8.42 Å². The third-order valence-electron chi connectivity index (χ3n) is 9.14. The lowest BCUT2D eigenvalue weighted by Crippen LogP contribution is -2.45. The number of hydrogen-bond acceptors (Lipinski definition) is 6. The van der Waals surface area contributed by atoms with Crippen LogP contribution < -0.4 is 4.18 Å². The van der Waals surface area contributed by atoms with Gasteiger partial charge < -0.3 is 9.08 Å². The summed E-state index contributed by atoms with van der Waals surface area (Å²) in [5.41, 5.74) is 4.17. The maximum atomic E-state index is 14.2. The molecule has 0 fully saturated rings. The van der Waals surface area contributed by atoms with Crippen LogP contribution in [0.2, 0.25) is 15.1 Å². The van der Waals surface area contributed by atoms with Crippen molar-refractivity contribution in [2.24, 2.45) is 10.8 Å². The van der Waals surface area contributed by atoms with Crippen LogP contribution in [0.4, 0.5) is 0 Å². The molecule has 0 spiro atoms. The number of halogens is 3. The maximum Gasteiger partial charge on any atom is 0.339 e. The third-order valence-corrected chi connectivity index (χ3v) is 11.2. The normalized spacial score (nSPS) is 19.5. The van der Waals surface area contributed by atoms with E-state index in [0.717, 1.165) is 17.8 Å². The molecule has 0 bridgehead atoms. The van der Waals surface area contributed by atoms with Crippen LogP contribution >= 0.6 is 34.8 Å². The molecule has 1 heterocycles. The first-order chi connectivity index (χ1) is 22.1. The van der Waals surface area contributed by atoms with Crippen molar-refractivity contribution in [3.05, 3.63) is 115 Å². The Morgan fingerprint density at radius 3 is 1.79 bits per heavy atom.